The van der Waals surface area contributed by atoms with Gasteiger partial charge in [0.15, 0.2) is 0 Å². The molecule has 1 amide bonds. The first-order valence-electron chi connectivity index (χ1n) is 7.20. The SMILES string of the molecule is CCC1CCC(C(=O)NC2(C(=O)O)CCSC2)CC1. The van der Waals surface area contributed by atoms with Crippen molar-refractivity contribution >= 4 is 23.6 Å². The van der Waals surface area contributed by atoms with Gasteiger partial charge in [-0.1, -0.05) is 13.3 Å². The second-order valence-electron chi connectivity index (χ2n) is 5.80. The molecule has 1 aliphatic carbocycles. The zero-order valence-electron chi connectivity index (χ0n) is 11.5. The fourth-order valence-electron chi connectivity index (χ4n) is 3.06. The molecule has 1 heterocycles. The Bertz CT molecular complexity index is 345. The molecule has 0 bridgehead atoms. The van der Waals surface area contributed by atoms with Gasteiger partial charge in [0.1, 0.15) is 5.54 Å². The van der Waals surface area contributed by atoms with E-state index in [4.69, 9.17) is 0 Å². The van der Waals surface area contributed by atoms with Gasteiger partial charge in [0.2, 0.25) is 5.91 Å². The Kier molecular flexibility index (Phi) is 4.76. The molecule has 0 aromatic rings. The molecule has 19 heavy (non-hydrogen) atoms. The second kappa shape index (κ2) is 6.16. The third-order valence-electron chi connectivity index (χ3n) is 4.59. The lowest BCUT2D eigenvalue weighted by Crippen LogP contribution is -2.56. The summed E-state index contributed by atoms with van der Waals surface area (Å²) in [6.07, 6.45) is 5.75. The van der Waals surface area contributed by atoms with Crippen LogP contribution in [-0.4, -0.2) is 34.0 Å². The third kappa shape index (κ3) is 3.25. The Morgan fingerprint density at radius 2 is 2.00 bits per heavy atom. The highest BCUT2D eigenvalue weighted by Gasteiger charge is 2.44. The summed E-state index contributed by atoms with van der Waals surface area (Å²) in [6, 6.07) is 0. The summed E-state index contributed by atoms with van der Waals surface area (Å²) >= 11 is 1.61. The molecule has 0 radical (unpaired) electrons. The molecule has 108 valence electrons. The van der Waals surface area contributed by atoms with E-state index in [2.05, 4.69) is 12.2 Å². The van der Waals surface area contributed by atoms with E-state index in [9.17, 15) is 14.7 Å². The Labute approximate surface area is 118 Å². The van der Waals surface area contributed by atoms with Gasteiger partial charge in [-0.15, -0.1) is 0 Å². The lowest BCUT2D eigenvalue weighted by atomic mass is 9.80. The molecular weight excluding hydrogens is 262 g/mol. The van der Waals surface area contributed by atoms with Crippen LogP contribution in [0.15, 0.2) is 0 Å². The Morgan fingerprint density at radius 1 is 1.32 bits per heavy atom. The topological polar surface area (TPSA) is 66.4 Å². The van der Waals surface area contributed by atoms with Crippen molar-refractivity contribution in [3.63, 3.8) is 0 Å². The first-order valence-corrected chi connectivity index (χ1v) is 8.36. The number of hydrogen-bond donors (Lipinski definition) is 2. The average Bonchev–Trinajstić information content (AvgIpc) is 2.88. The quantitative estimate of drug-likeness (QED) is 0.831. The number of carbonyl (C=O) groups is 2. The average molecular weight is 285 g/mol. The van der Waals surface area contributed by atoms with E-state index in [1.54, 1.807) is 11.8 Å². The predicted octanol–water partition coefficient (Wildman–Crippen LogP) is 2.28. The van der Waals surface area contributed by atoms with Crippen LogP contribution in [0.4, 0.5) is 0 Å². The lowest BCUT2D eigenvalue weighted by Gasteiger charge is -2.31. The fraction of sp³-hybridized carbons (Fsp3) is 0.857. The largest absolute Gasteiger partial charge is 0.479 e. The van der Waals surface area contributed by atoms with E-state index in [-0.39, 0.29) is 11.8 Å². The Hall–Kier alpha value is -0.710. The molecule has 2 aliphatic rings. The van der Waals surface area contributed by atoms with Gasteiger partial charge in [-0.2, -0.15) is 11.8 Å². The molecule has 0 spiro atoms. The summed E-state index contributed by atoms with van der Waals surface area (Å²) in [5.74, 6) is 1.16. The van der Waals surface area contributed by atoms with Gasteiger partial charge in [-0.05, 0) is 43.8 Å². The molecule has 0 aromatic carbocycles. The smallest absolute Gasteiger partial charge is 0.330 e. The molecule has 2 N–H and O–H groups in total. The predicted molar refractivity (Wildman–Crippen MR) is 76.2 cm³/mol. The van der Waals surface area contributed by atoms with Crippen molar-refractivity contribution in [2.45, 2.75) is 51.0 Å². The highest BCUT2D eigenvalue weighted by Crippen LogP contribution is 2.33. The number of nitrogens with one attached hydrogen (secondary N) is 1. The van der Waals surface area contributed by atoms with E-state index in [0.29, 0.717) is 12.2 Å². The molecule has 0 aromatic heterocycles. The van der Waals surface area contributed by atoms with Crippen LogP contribution in [0.3, 0.4) is 0 Å². The molecular formula is C14H23NO3S. The van der Waals surface area contributed by atoms with E-state index in [0.717, 1.165) is 37.4 Å². The molecule has 5 heteroatoms. The van der Waals surface area contributed by atoms with Crippen molar-refractivity contribution in [1.82, 2.24) is 5.32 Å². The van der Waals surface area contributed by atoms with Crippen LogP contribution in [0.1, 0.15) is 45.4 Å². The van der Waals surface area contributed by atoms with Crippen molar-refractivity contribution in [3.8, 4) is 0 Å². The summed E-state index contributed by atoms with van der Waals surface area (Å²) in [5.41, 5.74) is -1.01. The summed E-state index contributed by atoms with van der Waals surface area (Å²) < 4.78 is 0. The normalized spacial score (nSPS) is 35.0. The standard InChI is InChI=1S/C14H23NO3S/c1-2-10-3-5-11(6-4-10)12(16)15-14(13(17)18)7-8-19-9-14/h10-11H,2-9H2,1H3,(H,15,16)(H,17,18). The van der Waals surface area contributed by atoms with Crippen molar-refractivity contribution in [2.24, 2.45) is 11.8 Å². The van der Waals surface area contributed by atoms with Crippen LogP contribution < -0.4 is 5.32 Å². The lowest BCUT2D eigenvalue weighted by molar-refractivity contribution is -0.147. The van der Waals surface area contributed by atoms with Gasteiger partial charge in [-0.3, -0.25) is 4.79 Å². The van der Waals surface area contributed by atoms with E-state index >= 15 is 0 Å². The zero-order valence-corrected chi connectivity index (χ0v) is 12.3. The van der Waals surface area contributed by atoms with Gasteiger partial charge in [0.05, 0.1) is 0 Å². The summed E-state index contributed by atoms with van der Waals surface area (Å²) in [6.45, 7) is 2.19. The molecule has 1 saturated heterocycles. The highest BCUT2D eigenvalue weighted by molar-refractivity contribution is 7.99. The summed E-state index contributed by atoms with van der Waals surface area (Å²) in [7, 11) is 0. The minimum absolute atomic E-state index is 0.0182. The highest BCUT2D eigenvalue weighted by atomic mass is 32.2. The number of rotatable bonds is 4. The van der Waals surface area contributed by atoms with Crippen LogP contribution in [0.25, 0.3) is 0 Å². The van der Waals surface area contributed by atoms with Crippen molar-refractivity contribution < 1.29 is 14.7 Å². The summed E-state index contributed by atoms with van der Waals surface area (Å²) in [5, 5.41) is 12.2. The zero-order chi connectivity index (χ0) is 13.9. The second-order valence-corrected chi connectivity index (χ2v) is 6.91. The third-order valence-corrected chi connectivity index (χ3v) is 5.78. The minimum atomic E-state index is -1.01. The maximum Gasteiger partial charge on any atom is 0.330 e. The summed E-state index contributed by atoms with van der Waals surface area (Å²) in [4.78, 5) is 23.7. The van der Waals surface area contributed by atoms with E-state index < -0.39 is 11.5 Å². The van der Waals surface area contributed by atoms with Crippen molar-refractivity contribution in [3.05, 3.63) is 0 Å². The number of aliphatic carboxylic acids is 1. The van der Waals surface area contributed by atoms with Gasteiger partial charge in [0.25, 0.3) is 0 Å². The molecule has 1 atom stereocenters. The molecule has 1 aliphatic heterocycles. The van der Waals surface area contributed by atoms with Crippen LogP contribution in [-0.2, 0) is 9.59 Å². The van der Waals surface area contributed by atoms with Gasteiger partial charge >= 0.3 is 5.97 Å². The first-order chi connectivity index (χ1) is 9.07. The number of hydrogen-bond acceptors (Lipinski definition) is 3. The van der Waals surface area contributed by atoms with Crippen LogP contribution in [0.2, 0.25) is 0 Å². The van der Waals surface area contributed by atoms with Crippen LogP contribution in [0, 0.1) is 11.8 Å². The minimum Gasteiger partial charge on any atom is -0.479 e. The number of carboxylic acid groups (broad SMARTS) is 1. The number of amides is 1. The number of thioether (sulfide) groups is 1. The maximum absolute atomic E-state index is 12.3. The monoisotopic (exact) mass is 285 g/mol. The molecule has 1 saturated carbocycles. The van der Waals surface area contributed by atoms with E-state index in [1.165, 1.54) is 6.42 Å². The van der Waals surface area contributed by atoms with Gasteiger partial charge in [-0.25, -0.2) is 4.79 Å². The first kappa shape index (κ1) is 14.7. The van der Waals surface area contributed by atoms with Crippen LogP contribution >= 0.6 is 11.8 Å². The molecule has 2 fully saturated rings. The van der Waals surface area contributed by atoms with Crippen LogP contribution in [0.5, 0.6) is 0 Å². The fourth-order valence-corrected chi connectivity index (χ4v) is 4.38. The number of carbonyl (C=O) groups excluding carboxylic acids is 1. The Balaban J connectivity index is 1.92. The maximum atomic E-state index is 12.3. The Morgan fingerprint density at radius 3 is 2.47 bits per heavy atom. The van der Waals surface area contributed by atoms with Crippen molar-refractivity contribution in [2.75, 3.05) is 11.5 Å². The number of carboxylic acids is 1. The van der Waals surface area contributed by atoms with E-state index in [1.807, 2.05) is 0 Å². The van der Waals surface area contributed by atoms with Crippen molar-refractivity contribution in [1.29, 1.82) is 0 Å². The van der Waals surface area contributed by atoms with Gasteiger partial charge in [0, 0.05) is 11.7 Å². The molecule has 4 nitrogen and oxygen atoms in total. The van der Waals surface area contributed by atoms with Gasteiger partial charge < -0.3 is 10.4 Å². The molecule has 1 unspecified atom stereocenters. The molecule has 2 rings (SSSR count).